The van der Waals surface area contributed by atoms with Gasteiger partial charge in [0.05, 0.1) is 5.75 Å². The highest BCUT2D eigenvalue weighted by atomic mass is 35.5. The lowest BCUT2D eigenvalue weighted by molar-refractivity contribution is -0.133. The second-order valence-corrected chi connectivity index (χ2v) is 8.29. The fraction of sp³-hybridized carbons (Fsp3) is 0.684. The number of piperazine rings is 1. The van der Waals surface area contributed by atoms with Gasteiger partial charge >= 0.3 is 0 Å². The van der Waals surface area contributed by atoms with E-state index >= 15 is 0 Å². The second-order valence-electron chi connectivity index (χ2n) is 6.96. The lowest BCUT2D eigenvalue weighted by Crippen LogP contribution is -2.54. The van der Waals surface area contributed by atoms with E-state index in [0.29, 0.717) is 42.9 Å². The number of nitrogens with zero attached hydrogens (tertiary/aromatic N) is 4. The van der Waals surface area contributed by atoms with Crippen LogP contribution in [0.3, 0.4) is 0 Å². The van der Waals surface area contributed by atoms with Crippen LogP contribution in [0.5, 0.6) is 0 Å². The Hall–Kier alpha value is -1.54. The Balaban J connectivity index is 1.97. The molecule has 0 aromatic carbocycles. The lowest BCUT2D eigenvalue weighted by atomic mass is 10.1. The lowest BCUT2D eigenvalue weighted by Gasteiger charge is -2.40. The third-order valence-corrected chi connectivity index (χ3v) is 5.62. The predicted octanol–water partition coefficient (Wildman–Crippen LogP) is 2.98. The van der Waals surface area contributed by atoms with Crippen molar-refractivity contribution in [1.29, 1.82) is 0 Å². The molecule has 0 aliphatic carbocycles. The van der Waals surface area contributed by atoms with E-state index in [9.17, 15) is 9.59 Å². The van der Waals surface area contributed by atoms with Crippen LogP contribution in [0.15, 0.2) is 11.2 Å². The van der Waals surface area contributed by atoms with Gasteiger partial charge in [-0.05, 0) is 19.8 Å². The molecule has 2 heterocycles. The molecular weight excluding hydrogens is 398 g/mol. The number of rotatable bonds is 9. The van der Waals surface area contributed by atoms with Gasteiger partial charge in [-0.2, -0.15) is 0 Å². The van der Waals surface area contributed by atoms with E-state index in [4.69, 9.17) is 11.6 Å². The molecule has 2 rings (SSSR count). The average Bonchev–Trinajstić information content (AvgIpc) is 2.68. The standard InChI is InChI=1S/C19H30ClN5O2S/c1-4-6-7-18(27)25-10-9-24(12-14(25)3)16-11-15(20)22-19(23-16)28-13-17(26)21-8-5-2/h11,14H,4-10,12-13H2,1-3H3,(H,21,26). The number of hydrogen-bond acceptors (Lipinski definition) is 6. The summed E-state index contributed by atoms with van der Waals surface area (Å²) in [5.41, 5.74) is 0. The van der Waals surface area contributed by atoms with E-state index in [1.54, 1.807) is 6.07 Å². The summed E-state index contributed by atoms with van der Waals surface area (Å²) >= 11 is 7.46. The van der Waals surface area contributed by atoms with Gasteiger partial charge in [0.25, 0.3) is 0 Å². The van der Waals surface area contributed by atoms with Crippen LogP contribution in [0.25, 0.3) is 0 Å². The number of hydrogen-bond donors (Lipinski definition) is 1. The number of carbonyl (C=O) groups excluding carboxylic acids is 2. The number of thioether (sulfide) groups is 1. The monoisotopic (exact) mass is 427 g/mol. The molecule has 1 fully saturated rings. The normalized spacial score (nSPS) is 16.9. The van der Waals surface area contributed by atoms with Gasteiger partial charge in [-0.15, -0.1) is 0 Å². The second kappa shape index (κ2) is 11.5. The van der Waals surface area contributed by atoms with Crippen LogP contribution in [0, 0.1) is 0 Å². The third kappa shape index (κ3) is 6.81. The summed E-state index contributed by atoms with van der Waals surface area (Å²) in [4.78, 5) is 37.0. The predicted molar refractivity (Wildman–Crippen MR) is 114 cm³/mol. The molecule has 1 aromatic rings. The maximum atomic E-state index is 12.4. The summed E-state index contributed by atoms with van der Waals surface area (Å²) in [5.74, 6) is 1.19. The molecule has 156 valence electrons. The maximum Gasteiger partial charge on any atom is 0.230 e. The molecule has 28 heavy (non-hydrogen) atoms. The minimum absolute atomic E-state index is 0.0372. The van der Waals surface area contributed by atoms with Gasteiger partial charge in [0.1, 0.15) is 11.0 Å². The summed E-state index contributed by atoms with van der Waals surface area (Å²) < 4.78 is 0. The highest BCUT2D eigenvalue weighted by Gasteiger charge is 2.28. The van der Waals surface area contributed by atoms with Crippen LogP contribution >= 0.6 is 23.4 Å². The molecule has 1 saturated heterocycles. The fourth-order valence-corrected chi connectivity index (χ4v) is 3.98. The molecule has 0 spiro atoms. The Bertz CT molecular complexity index is 676. The zero-order valence-corrected chi connectivity index (χ0v) is 18.5. The van der Waals surface area contributed by atoms with Crippen molar-refractivity contribution in [2.24, 2.45) is 0 Å². The summed E-state index contributed by atoms with van der Waals surface area (Å²) in [6.07, 6.45) is 3.47. The van der Waals surface area contributed by atoms with E-state index in [1.165, 1.54) is 11.8 Å². The topological polar surface area (TPSA) is 78.4 Å². The molecular formula is C19H30ClN5O2S. The largest absolute Gasteiger partial charge is 0.355 e. The molecule has 1 aliphatic heterocycles. The van der Waals surface area contributed by atoms with E-state index in [0.717, 1.165) is 25.1 Å². The van der Waals surface area contributed by atoms with E-state index in [1.807, 2.05) is 11.8 Å². The first-order valence-corrected chi connectivity index (χ1v) is 11.3. The van der Waals surface area contributed by atoms with Gasteiger partial charge in [-0.25, -0.2) is 9.97 Å². The van der Waals surface area contributed by atoms with Crippen LogP contribution < -0.4 is 10.2 Å². The van der Waals surface area contributed by atoms with Crippen LogP contribution in [-0.4, -0.2) is 64.7 Å². The summed E-state index contributed by atoms with van der Waals surface area (Å²) in [6.45, 7) is 8.91. The van der Waals surface area contributed by atoms with Crippen molar-refractivity contribution in [3.63, 3.8) is 0 Å². The first-order valence-electron chi connectivity index (χ1n) is 9.93. The molecule has 1 unspecified atom stereocenters. The van der Waals surface area contributed by atoms with Gasteiger partial charge in [-0.3, -0.25) is 9.59 Å². The van der Waals surface area contributed by atoms with Crippen molar-refractivity contribution in [3.05, 3.63) is 11.2 Å². The molecule has 0 saturated carbocycles. The van der Waals surface area contributed by atoms with Gasteiger partial charge in [-0.1, -0.05) is 43.6 Å². The molecule has 9 heteroatoms. The Morgan fingerprint density at radius 1 is 1.29 bits per heavy atom. The molecule has 7 nitrogen and oxygen atoms in total. The average molecular weight is 428 g/mol. The van der Waals surface area contributed by atoms with Gasteiger partial charge in [0.15, 0.2) is 5.16 Å². The van der Waals surface area contributed by atoms with Crippen molar-refractivity contribution in [2.45, 2.75) is 57.7 Å². The minimum Gasteiger partial charge on any atom is -0.355 e. The van der Waals surface area contributed by atoms with E-state index in [2.05, 4.69) is 34.0 Å². The third-order valence-electron chi connectivity index (χ3n) is 4.58. The molecule has 1 aromatic heterocycles. The maximum absolute atomic E-state index is 12.4. The van der Waals surface area contributed by atoms with Crippen LogP contribution in [0.2, 0.25) is 5.15 Å². The molecule has 1 aliphatic rings. The van der Waals surface area contributed by atoms with Crippen molar-refractivity contribution < 1.29 is 9.59 Å². The molecule has 1 N–H and O–H groups in total. The Kier molecular flexibility index (Phi) is 9.31. The highest BCUT2D eigenvalue weighted by Crippen LogP contribution is 2.24. The zero-order chi connectivity index (χ0) is 20.5. The van der Waals surface area contributed by atoms with Crippen LogP contribution in [0.4, 0.5) is 5.82 Å². The van der Waals surface area contributed by atoms with Crippen molar-refractivity contribution in [2.75, 3.05) is 36.8 Å². The number of unbranched alkanes of at least 4 members (excludes halogenated alkanes) is 1. The van der Waals surface area contributed by atoms with Crippen molar-refractivity contribution in [3.8, 4) is 0 Å². The molecule has 2 amide bonds. The SMILES string of the molecule is CCCCC(=O)N1CCN(c2cc(Cl)nc(SCC(=O)NCCC)n2)CC1C. The summed E-state index contributed by atoms with van der Waals surface area (Å²) in [7, 11) is 0. The highest BCUT2D eigenvalue weighted by molar-refractivity contribution is 7.99. The van der Waals surface area contributed by atoms with Crippen molar-refractivity contribution >= 4 is 41.0 Å². The van der Waals surface area contributed by atoms with Gasteiger partial charge in [0.2, 0.25) is 11.8 Å². The number of carbonyl (C=O) groups is 2. The Labute approximate surface area is 176 Å². The van der Waals surface area contributed by atoms with E-state index in [-0.39, 0.29) is 23.6 Å². The Morgan fingerprint density at radius 2 is 2.07 bits per heavy atom. The first-order chi connectivity index (χ1) is 13.4. The quantitative estimate of drug-likeness (QED) is 0.371. The van der Waals surface area contributed by atoms with Gasteiger partial charge in [0, 0.05) is 44.7 Å². The number of nitrogens with one attached hydrogen (secondary N) is 1. The molecule has 1 atom stereocenters. The smallest absolute Gasteiger partial charge is 0.230 e. The van der Waals surface area contributed by atoms with Gasteiger partial charge < -0.3 is 15.1 Å². The number of halogens is 1. The van der Waals surface area contributed by atoms with Crippen LogP contribution in [-0.2, 0) is 9.59 Å². The number of anilines is 1. The van der Waals surface area contributed by atoms with Crippen molar-refractivity contribution in [1.82, 2.24) is 20.2 Å². The minimum atomic E-state index is -0.0372. The van der Waals surface area contributed by atoms with Crippen LogP contribution in [0.1, 0.15) is 46.5 Å². The van der Waals surface area contributed by atoms with E-state index < -0.39 is 0 Å². The summed E-state index contributed by atoms with van der Waals surface area (Å²) in [6, 6.07) is 1.85. The molecule has 0 bridgehead atoms. The zero-order valence-electron chi connectivity index (χ0n) is 16.9. The number of amides is 2. The fourth-order valence-electron chi connectivity index (χ4n) is 3.07. The number of aromatic nitrogens is 2. The summed E-state index contributed by atoms with van der Waals surface area (Å²) in [5, 5.41) is 3.68. The Morgan fingerprint density at radius 3 is 2.75 bits per heavy atom. The first kappa shape index (κ1) is 22.7. The molecule has 0 radical (unpaired) electrons.